The Balaban J connectivity index is 3.64. The third-order valence-corrected chi connectivity index (χ3v) is 5.58. The molecule has 0 heterocycles. The van der Waals surface area contributed by atoms with Crippen molar-refractivity contribution in [2.75, 3.05) is 0 Å². The molecule has 0 saturated heterocycles. The average molecular weight is 367 g/mol. The van der Waals surface area contributed by atoms with Gasteiger partial charge in [0, 0.05) is 5.57 Å². The van der Waals surface area contributed by atoms with Gasteiger partial charge in [-0.05, 0) is 18.8 Å². The van der Waals surface area contributed by atoms with Crippen LogP contribution in [0.3, 0.4) is 0 Å². The summed E-state index contributed by atoms with van der Waals surface area (Å²) in [6.07, 6.45) is 23.4. The smallest absolute Gasteiger partial charge is 0.330 e. The minimum atomic E-state index is -0.833. The van der Waals surface area contributed by atoms with Crippen LogP contribution >= 0.6 is 0 Å². The van der Waals surface area contributed by atoms with E-state index in [0.717, 1.165) is 12.3 Å². The first-order valence-corrected chi connectivity index (χ1v) is 11.5. The number of carboxylic acid groups (broad SMARTS) is 1. The van der Waals surface area contributed by atoms with Crippen molar-refractivity contribution in [3.63, 3.8) is 0 Å². The molecule has 0 radical (unpaired) electrons. The molecule has 0 saturated carbocycles. The van der Waals surface area contributed by atoms with Crippen LogP contribution in [0, 0.1) is 5.92 Å². The summed E-state index contributed by atoms with van der Waals surface area (Å²) in [7, 11) is 0. The van der Waals surface area contributed by atoms with Gasteiger partial charge < -0.3 is 5.11 Å². The van der Waals surface area contributed by atoms with Gasteiger partial charge in [-0.15, -0.1) is 0 Å². The summed E-state index contributed by atoms with van der Waals surface area (Å²) in [6, 6.07) is 0. The Morgan fingerprint density at radius 3 is 1.62 bits per heavy atom. The standard InChI is InChI=1S/C24H46O2/c1-4-6-8-9-10-11-12-13-14-15-16-20-23(19-7-5-2)21-17-18-22(3)24(25)26/h23H,3-21H2,1-2H3,(H,25,26). The molecule has 0 fully saturated rings. The maximum absolute atomic E-state index is 10.8. The van der Waals surface area contributed by atoms with Crippen molar-refractivity contribution in [2.45, 2.75) is 129 Å². The molecule has 26 heavy (non-hydrogen) atoms. The monoisotopic (exact) mass is 366 g/mol. The van der Waals surface area contributed by atoms with Crippen molar-refractivity contribution < 1.29 is 9.90 Å². The third kappa shape index (κ3) is 16.7. The molecule has 1 unspecified atom stereocenters. The van der Waals surface area contributed by atoms with Gasteiger partial charge in [-0.1, -0.05) is 123 Å². The Hall–Kier alpha value is -0.790. The maximum Gasteiger partial charge on any atom is 0.330 e. The summed E-state index contributed by atoms with van der Waals surface area (Å²) in [4.78, 5) is 10.8. The lowest BCUT2D eigenvalue weighted by molar-refractivity contribution is -0.132. The largest absolute Gasteiger partial charge is 0.478 e. The second-order valence-electron chi connectivity index (χ2n) is 8.13. The molecule has 0 amide bonds. The van der Waals surface area contributed by atoms with Crippen LogP contribution in [0.5, 0.6) is 0 Å². The highest BCUT2D eigenvalue weighted by atomic mass is 16.4. The van der Waals surface area contributed by atoms with Gasteiger partial charge >= 0.3 is 5.97 Å². The minimum Gasteiger partial charge on any atom is -0.478 e. The quantitative estimate of drug-likeness (QED) is 0.174. The molecule has 0 bridgehead atoms. The number of hydrogen-bond donors (Lipinski definition) is 1. The Kier molecular flexibility index (Phi) is 18.4. The van der Waals surface area contributed by atoms with E-state index >= 15 is 0 Å². The van der Waals surface area contributed by atoms with Crippen molar-refractivity contribution in [1.82, 2.24) is 0 Å². The zero-order valence-corrected chi connectivity index (χ0v) is 17.9. The van der Waals surface area contributed by atoms with E-state index in [2.05, 4.69) is 20.4 Å². The fourth-order valence-corrected chi connectivity index (χ4v) is 3.73. The first-order valence-electron chi connectivity index (χ1n) is 11.5. The van der Waals surface area contributed by atoms with E-state index in [1.54, 1.807) is 0 Å². The second kappa shape index (κ2) is 19.0. The molecular weight excluding hydrogens is 320 g/mol. The summed E-state index contributed by atoms with van der Waals surface area (Å²) in [6.45, 7) is 8.18. The van der Waals surface area contributed by atoms with Gasteiger partial charge in [0.2, 0.25) is 0 Å². The van der Waals surface area contributed by atoms with Gasteiger partial charge in [-0.2, -0.15) is 0 Å². The van der Waals surface area contributed by atoms with Crippen LogP contribution in [0.2, 0.25) is 0 Å². The lowest BCUT2D eigenvalue weighted by Gasteiger charge is -2.16. The van der Waals surface area contributed by atoms with E-state index in [9.17, 15) is 4.79 Å². The molecule has 1 N–H and O–H groups in total. The van der Waals surface area contributed by atoms with Crippen LogP contribution in [-0.4, -0.2) is 11.1 Å². The number of carbonyl (C=O) groups is 1. The van der Waals surface area contributed by atoms with Crippen molar-refractivity contribution in [1.29, 1.82) is 0 Å². The first-order chi connectivity index (χ1) is 12.6. The van der Waals surface area contributed by atoms with E-state index in [-0.39, 0.29) is 0 Å². The van der Waals surface area contributed by atoms with E-state index in [1.165, 1.54) is 103 Å². The van der Waals surface area contributed by atoms with Crippen molar-refractivity contribution in [2.24, 2.45) is 5.92 Å². The number of carboxylic acids is 1. The highest BCUT2D eigenvalue weighted by Crippen LogP contribution is 2.24. The number of unbranched alkanes of at least 4 members (excludes halogenated alkanes) is 11. The zero-order valence-electron chi connectivity index (χ0n) is 17.9. The van der Waals surface area contributed by atoms with E-state index in [1.807, 2.05) is 0 Å². The fraction of sp³-hybridized carbons (Fsp3) is 0.875. The predicted molar refractivity (Wildman–Crippen MR) is 115 cm³/mol. The molecule has 0 aromatic carbocycles. The Labute approximate surface area is 163 Å². The molecular formula is C24H46O2. The minimum absolute atomic E-state index is 0.369. The SMILES string of the molecule is C=C(CCCC(CCCC)CCCCCCCCCCCCC)C(=O)O. The van der Waals surface area contributed by atoms with E-state index < -0.39 is 5.97 Å². The van der Waals surface area contributed by atoms with Crippen LogP contribution < -0.4 is 0 Å². The Morgan fingerprint density at radius 1 is 0.692 bits per heavy atom. The molecule has 0 aromatic rings. The molecule has 2 heteroatoms. The van der Waals surface area contributed by atoms with Crippen molar-refractivity contribution in [3.8, 4) is 0 Å². The highest BCUT2D eigenvalue weighted by molar-refractivity contribution is 5.85. The average Bonchev–Trinajstić information content (AvgIpc) is 2.63. The van der Waals surface area contributed by atoms with Crippen LogP contribution in [0.15, 0.2) is 12.2 Å². The summed E-state index contributed by atoms with van der Waals surface area (Å²) in [5, 5.41) is 8.91. The molecule has 0 rings (SSSR count). The van der Waals surface area contributed by atoms with E-state index in [0.29, 0.717) is 12.0 Å². The summed E-state index contributed by atoms with van der Waals surface area (Å²) in [5.74, 6) is -0.0458. The van der Waals surface area contributed by atoms with E-state index in [4.69, 9.17) is 5.11 Å². The number of rotatable bonds is 20. The molecule has 0 aliphatic rings. The first kappa shape index (κ1) is 25.2. The van der Waals surface area contributed by atoms with Crippen LogP contribution in [0.1, 0.15) is 129 Å². The predicted octanol–water partition coefficient (Wildman–Crippen LogP) is 8.31. The third-order valence-electron chi connectivity index (χ3n) is 5.58. The lowest BCUT2D eigenvalue weighted by Crippen LogP contribution is -2.03. The van der Waals surface area contributed by atoms with Crippen LogP contribution in [0.25, 0.3) is 0 Å². The lowest BCUT2D eigenvalue weighted by atomic mass is 9.90. The van der Waals surface area contributed by atoms with Crippen LogP contribution in [-0.2, 0) is 4.79 Å². The number of aliphatic carboxylic acids is 1. The highest BCUT2D eigenvalue weighted by Gasteiger charge is 2.10. The molecule has 0 aliphatic carbocycles. The summed E-state index contributed by atoms with van der Waals surface area (Å²) < 4.78 is 0. The molecule has 0 aliphatic heterocycles. The van der Waals surface area contributed by atoms with Gasteiger partial charge in [-0.25, -0.2) is 4.79 Å². The van der Waals surface area contributed by atoms with Gasteiger partial charge in [0.1, 0.15) is 0 Å². The fourth-order valence-electron chi connectivity index (χ4n) is 3.73. The topological polar surface area (TPSA) is 37.3 Å². The van der Waals surface area contributed by atoms with Crippen LogP contribution in [0.4, 0.5) is 0 Å². The molecule has 2 nitrogen and oxygen atoms in total. The summed E-state index contributed by atoms with van der Waals surface area (Å²) in [5.41, 5.74) is 0.369. The number of hydrogen-bond acceptors (Lipinski definition) is 1. The van der Waals surface area contributed by atoms with Crippen molar-refractivity contribution >= 4 is 5.97 Å². The maximum atomic E-state index is 10.8. The van der Waals surface area contributed by atoms with Gasteiger partial charge in [-0.3, -0.25) is 0 Å². The molecule has 0 spiro atoms. The van der Waals surface area contributed by atoms with Gasteiger partial charge in [0.15, 0.2) is 0 Å². The van der Waals surface area contributed by atoms with Crippen molar-refractivity contribution in [3.05, 3.63) is 12.2 Å². The molecule has 154 valence electrons. The normalized spacial score (nSPS) is 12.2. The van der Waals surface area contributed by atoms with Gasteiger partial charge in [0.25, 0.3) is 0 Å². The molecule has 0 aromatic heterocycles. The van der Waals surface area contributed by atoms with Gasteiger partial charge in [0.05, 0.1) is 0 Å². The zero-order chi connectivity index (χ0) is 19.5. The Morgan fingerprint density at radius 2 is 1.12 bits per heavy atom. The molecule has 1 atom stereocenters. The summed E-state index contributed by atoms with van der Waals surface area (Å²) >= 11 is 0. The Bertz CT molecular complexity index is 335. The second-order valence-corrected chi connectivity index (χ2v) is 8.13.